The lowest BCUT2D eigenvalue weighted by atomic mass is 9.96. The van der Waals surface area contributed by atoms with Crippen LogP contribution in [0.25, 0.3) is 0 Å². The molecule has 0 saturated carbocycles. The summed E-state index contributed by atoms with van der Waals surface area (Å²) in [5.74, 6) is 2.91. The topological polar surface area (TPSA) is 43.0 Å². The van der Waals surface area contributed by atoms with E-state index in [0.29, 0.717) is 34.1 Å². The first kappa shape index (κ1) is 20.5. The van der Waals surface area contributed by atoms with E-state index in [2.05, 4.69) is 22.3 Å². The molecule has 0 amide bonds. The Labute approximate surface area is 181 Å². The number of halogens is 2. The van der Waals surface area contributed by atoms with Gasteiger partial charge in [-0.05, 0) is 37.4 Å². The maximum Gasteiger partial charge on any atom is 0.163 e. The third kappa shape index (κ3) is 4.85. The van der Waals surface area contributed by atoms with Gasteiger partial charge in [-0.15, -0.1) is 0 Å². The van der Waals surface area contributed by atoms with Gasteiger partial charge in [-0.1, -0.05) is 35.3 Å². The fraction of sp³-hybridized carbons (Fsp3) is 0.455. The van der Waals surface area contributed by atoms with Gasteiger partial charge in [-0.25, -0.2) is 0 Å². The van der Waals surface area contributed by atoms with Crippen molar-refractivity contribution in [2.45, 2.75) is 18.9 Å². The average Bonchev–Trinajstić information content (AvgIpc) is 2.75. The van der Waals surface area contributed by atoms with Crippen molar-refractivity contribution in [1.82, 2.24) is 5.32 Å². The van der Waals surface area contributed by atoms with Crippen molar-refractivity contribution in [1.29, 1.82) is 0 Å². The molecule has 1 atom stereocenters. The van der Waals surface area contributed by atoms with E-state index < -0.39 is 0 Å². The Bertz CT molecular complexity index is 841. The normalized spacial score (nSPS) is 19.3. The second kappa shape index (κ2) is 9.33. The van der Waals surface area contributed by atoms with E-state index in [1.165, 1.54) is 5.69 Å². The van der Waals surface area contributed by atoms with Crippen LogP contribution in [0, 0.1) is 5.92 Å². The summed E-state index contributed by atoms with van der Waals surface area (Å²) in [6.07, 6.45) is 2.28. The SMILES string of the molecule is COc1ccccc1N1CCC(CNCC2COc3cc(Cl)c(Cl)cc3O2)CC1. The molecule has 0 aromatic heterocycles. The van der Waals surface area contributed by atoms with Crippen LogP contribution in [0.15, 0.2) is 36.4 Å². The molecule has 2 aromatic carbocycles. The number of methoxy groups -OCH3 is 1. The lowest BCUT2D eigenvalue weighted by Gasteiger charge is -2.34. The van der Waals surface area contributed by atoms with Crippen molar-refractivity contribution in [3.05, 3.63) is 46.4 Å². The molecule has 1 N–H and O–H groups in total. The van der Waals surface area contributed by atoms with Gasteiger partial charge in [0, 0.05) is 31.8 Å². The highest BCUT2D eigenvalue weighted by atomic mass is 35.5. The quantitative estimate of drug-likeness (QED) is 0.713. The molecule has 7 heteroatoms. The second-order valence-electron chi connectivity index (χ2n) is 7.52. The molecular weight excluding hydrogens is 411 g/mol. The Morgan fingerprint density at radius 2 is 1.79 bits per heavy atom. The number of rotatable bonds is 6. The number of benzene rings is 2. The number of nitrogens with zero attached hydrogens (tertiary/aromatic N) is 1. The first-order chi connectivity index (χ1) is 14.1. The monoisotopic (exact) mass is 436 g/mol. The number of anilines is 1. The van der Waals surface area contributed by atoms with Gasteiger partial charge in [-0.2, -0.15) is 0 Å². The van der Waals surface area contributed by atoms with Gasteiger partial charge >= 0.3 is 0 Å². The Kier molecular flexibility index (Phi) is 6.58. The van der Waals surface area contributed by atoms with E-state index in [4.69, 9.17) is 37.4 Å². The predicted molar refractivity (Wildman–Crippen MR) is 117 cm³/mol. The summed E-state index contributed by atoms with van der Waals surface area (Å²) < 4.78 is 17.3. The summed E-state index contributed by atoms with van der Waals surface area (Å²) in [4.78, 5) is 2.42. The number of ether oxygens (including phenoxy) is 3. The molecule has 2 heterocycles. The minimum absolute atomic E-state index is 0.0339. The minimum Gasteiger partial charge on any atom is -0.495 e. The fourth-order valence-electron chi connectivity index (χ4n) is 3.93. The van der Waals surface area contributed by atoms with Crippen LogP contribution in [0.4, 0.5) is 5.69 Å². The van der Waals surface area contributed by atoms with Crippen LogP contribution in [-0.4, -0.2) is 46.0 Å². The van der Waals surface area contributed by atoms with Crippen molar-refractivity contribution in [2.24, 2.45) is 5.92 Å². The fourth-order valence-corrected chi connectivity index (χ4v) is 4.24. The highest BCUT2D eigenvalue weighted by Gasteiger charge is 2.24. The largest absolute Gasteiger partial charge is 0.495 e. The van der Waals surface area contributed by atoms with Crippen molar-refractivity contribution >= 4 is 28.9 Å². The van der Waals surface area contributed by atoms with Crippen LogP contribution in [0.2, 0.25) is 10.0 Å². The standard InChI is InChI=1S/C22H26Cl2N2O3/c1-27-20-5-3-2-4-19(20)26-8-6-15(7-9-26)12-25-13-16-14-28-21-10-17(23)18(24)11-22(21)29-16/h2-5,10-11,15-16,25H,6-9,12-14H2,1H3. The summed E-state index contributed by atoms with van der Waals surface area (Å²) in [6.45, 7) is 4.31. The molecule has 5 nitrogen and oxygen atoms in total. The zero-order valence-corrected chi connectivity index (χ0v) is 18.0. The molecule has 156 valence electrons. The Morgan fingerprint density at radius 3 is 2.55 bits per heavy atom. The Hall–Kier alpha value is -1.82. The summed E-state index contributed by atoms with van der Waals surface area (Å²) in [6, 6.07) is 11.7. The average molecular weight is 437 g/mol. The van der Waals surface area contributed by atoms with Gasteiger partial charge in [0.15, 0.2) is 11.5 Å². The van der Waals surface area contributed by atoms with Crippen LogP contribution in [-0.2, 0) is 0 Å². The minimum atomic E-state index is -0.0339. The Balaban J connectivity index is 1.22. The van der Waals surface area contributed by atoms with Gasteiger partial charge in [0.05, 0.1) is 22.8 Å². The molecular formula is C22H26Cl2N2O3. The van der Waals surface area contributed by atoms with E-state index >= 15 is 0 Å². The van der Waals surface area contributed by atoms with Crippen LogP contribution >= 0.6 is 23.2 Å². The highest BCUT2D eigenvalue weighted by Crippen LogP contribution is 2.38. The van der Waals surface area contributed by atoms with Crippen LogP contribution in [0.3, 0.4) is 0 Å². The first-order valence-electron chi connectivity index (χ1n) is 10.0. The van der Waals surface area contributed by atoms with E-state index in [-0.39, 0.29) is 6.10 Å². The van der Waals surface area contributed by atoms with Gasteiger partial charge in [-0.3, -0.25) is 0 Å². The van der Waals surface area contributed by atoms with E-state index in [1.807, 2.05) is 12.1 Å². The van der Waals surface area contributed by atoms with E-state index in [1.54, 1.807) is 19.2 Å². The first-order valence-corrected chi connectivity index (χ1v) is 10.8. The highest BCUT2D eigenvalue weighted by molar-refractivity contribution is 6.42. The van der Waals surface area contributed by atoms with Crippen molar-refractivity contribution in [3.8, 4) is 17.2 Å². The van der Waals surface area contributed by atoms with Gasteiger partial charge in [0.2, 0.25) is 0 Å². The molecule has 2 aliphatic rings. The number of hydrogen-bond donors (Lipinski definition) is 1. The number of fused-ring (bicyclic) bond motifs is 1. The zero-order valence-electron chi connectivity index (χ0n) is 16.5. The van der Waals surface area contributed by atoms with Crippen molar-refractivity contribution in [3.63, 3.8) is 0 Å². The molecule has 0 bridgehead atoms. The van der Waals surface area contributed by atoms with Gasteiger partial charge in [0.1, 0.15) is 18.5 Å². The number of piperidine rings is 1. The summed E-state index contributed by atoms with van der Waals surface area (Å²) in [5.41, 5.74) is 1.19. The molecule has 0 aliphatic carbocycles. The number of nitrogens with one attached hydrogen (secondary N) is 1. The summed E-state index contributed by atoms with van der Waals surface area (Å²) >= 11 is 12.1. The van der Waals surface area contributed by atoms with Crippen molar-refractivity contribution < 1.29 is 14.2 Å². The maximum atomic E-state index is 6.08. The second-order valence-corrected chi connectivity index (χ2v) is 8.34. The molecule has 1 saturated heterocycles. The third-order valence-electron chi connectivity index (χ3n) is 5.55. The smallest absolute Gasteiger partial charge is 0.163 e. The number of hydrogen-bond acceptors (Lipinski definition) is 5. The summed E-state index contributed by atoms with van der Waals surface area (Å²) in [7, 11) is 1.73. The van der Waals surface area contributed by atoms with Crippen LogP contribution in [0.1, 0.15) is 12.8 Å². The lowest BCUT2D eigenvalue weighted by Crippen LogP contribution is -2.42. The van der Waals surface area contributed by atoms with Crippen LogP contribution in [0.5, 0.6) is 17.2 Å². The van der Waals surface area contributed by atoms with Crippen LogP contribution < -0.4 is 24.4 Å². The molecule has 2 aliphatic heterocycles. The molecule has 0 spiro atoms. The third-order valence-corrected chi connectivity index (χ3v) is 6.27. The van der Waals surface area contributed by atoms with E-state index in [0.717, 1.165) is 44.8 Å². The molecule has 0 radical (unpaired) electrons. The van der Waals surface area contributed by atoms with Gasteiger partial charge < -0.3 is 24.4 Å². The Morgan fingerprint density at radius 1 is 1.07 bits per heavy atom. The molecule has 1 fully saturated rings. The molecule has 1 unspecified atom stereocenters. The predicted octanol–water partition coefficient (Wildman–Crippen LogP) is 4.65. The van der Waals surface area contributed by atoms with E-state index in [9.17, 15) is 0 Å². The van der Waals surface area contributed by atoms with Gasteiger partial charge in [0.25, 0.3) is 0 Å². The lowest BCUT2D eigenvalue weighted by molar-refractivity contribution is 0.0894. The number of para-hydroxylation sites is 2. The summed E-state index contributed by atoms with van der Waals surface area (Å²) in [5, 5.41) is 4.50. The molecule has 4 rings (SSSR count). The van der Waals surface area contributed by atoms with Crippen molar-refractivity contribution in [2.75, 3.05) is 44.8 Å². The molecule has 2 aromatic rings. The molecule has 29 heavy (non-hydrogen) atoms. The maximum absolute atomic E-state index is 6.08. The zero-order chi connectivity index (χ0) is 20.2.